The smallest absolute Gasteiger partial charge is 0.253 e. The van der Waals surface area contributed by atoms with Crippen molar-refractivity contribution in [3.63, 3.8) is 0 Å². The van der Waals surface area contributed by atoms with Crippen molar-refractivity contribution in [1.82, 2.24) is 9.97 Å². The van der Waals surface area contributed by atoms with E-state index in [1.807, 2.05) is 57.2 Å². The molecule has 2 aromatic carbocycles. The van der Waals surface area contributed by atoms with Crippen LogP contribution in [0.4, 0.5) is 28.6 Å². The first kappa shape index (κ1) is 20.3. The average Bonchev–Trinajstić information content (AvgIpc) is 2.76. The van der Waals surface area contributed by atoms with Gasteiger partial charge in [-0.1, -0.05) is 12.1 Å². The van der Waals surface area contributed by atoms with Crippen molar-refractivity contribution >= 4 is 28.6 Å². The van der Waals surface area contributed by atoms with E-state index in [2.05, 4.69) is 25.9 Å². The van der Waals surface area contributed by atoms with Crippen LogP contribution < -0.4 is 26.8 Å². The third-order valence-corrected chi connectivity index (χ3v) is 4.61. The number of benzene rings is 1. The summed E-state index contributed by atoms with van der Waals surface area (Å²) in [7, 11) is 0. The van der Waals surface area contributed by atoms with Crippen LogP contribution >= 0.6 is 0 Å². The van der Waals surface area contributed by atoms with Gasteiger partial charge < -0.3 is 16.0 Å². The summed E-state index contributed by atoms with van der Waals surface area (Å²) in [5.74, 6) is 0.616. The molecule has 2 aromatic heterocycles. The van der Waals surface area contributed by atoms with Gasteiger partial charge in [-0.25, -0.2) is 4.98 Å². The van der Waals surface area contributed by atoms with Crippen LogP contribution in [0.15, 0.2) is 76.7 Å². The van der Waals surface area contributed by atoms with E-state index in [-0.39, 0.29) is 11.2 Å². The third-order valence-electron chi connectivity index (χ3n) is 4.61. The van der Waals surface area contributed by atoms with E-state index in [9.17, 15) is 9.59 Å². The predicted molar refractivity (Wildman–Crippen MR) is 125 cm³/mol. The number of rotatable bonds is 6. The SMILES string of the molecule is CC(C)(C)Nc1c(Nc2ccnc(Nc3ccc(-c4ccncc4)cc3)c2)c(=O)c1=O. The summed E-state index contributed by atoms with van der Waals surface area (Å²) < 4.78 is 0. The number of hydrogen-bond donors (Lipinski definition) is 3. The highest BCUT2D eigenvalue weighted by atomic mass is 16.2. The number of hydrogen-bond acceptors (Lipinski definition) is 7. The summed E-state index contributed by atoms with van der Waals surface area (Å²) in [6.45, 7) is 5.80. The topological polar surface area (TPSA) is 96.0 Å². The predicted octanol–water partition coefficient (Wildman–Crippen LogP) is 4.44. The molecule has 0 aliphatic carbocycles. The van der Waals surface area contributed by atoms with Crippen LogP contribution in [0.2, 0.25) is 0 Å². The Morgan fingerprint density at radius 1 is 0.710 bits per heavy atom. The molecule has 0 fully saturated rings. The van der Waals surface area contributed by atoms with Crippen LogP contribution in [0.3, 0.4) is 0 Å². The second-order valence-electron chi connectivity index (χ2n) is 8.28. The summed E-state index contributed by atoms with van der Waals surface area (Å²) in [4.78, 5) is 32.4. The molecular weight excluding hydrogens is 390 g/mol. The Balaban J connectivity index is 1.49. The minimum absolute atomic E-state index is 0.277. The largest absolute Gasteiger partial charge is 0.375 e. The minimum Gasteiger partial charge on any atom is -0.375 e. The van der Waals surface area contributed by atoms with E-state index in [1.54, 1.807) is 30.7 Å². The van der Waals surface area contributed by atoms with Gasteiger partial charge in [0, 0.05) is 41.6 Å². The zero-order chi connectivity index (χ0) is 22.0. The lowest BCUT2D eigenvalue weighted by Crippen LogP contribution is -2.41. The molecule has 0 amide bonds. The van der Waals surface area contributed by atoms with Gasteiger partial charge in [0.2, 0.25) is 0 Å². The molecular formula is C24H23N5O2. The highest BCUT2D eigenvalue weighted by Gasteiger charge is 2.24. The summed E-state index contributed by atoms with van der Waals surface area (Å²) in [6.07, 6.45) is 5.17. The van der Waals surface area contributed by atoms with E-state index in [0.717, 1.165) is 16.8 Å². The van der Waals surface area contributed by atoms with Crippen molar-refractivity contribution in [2.24, 2.45) is 0 Å². The molecule has 7 heteroatoms. The summed E-state index contributed by atoms with van der Waals surface area (Å²) in [6, 6.07) is 15.4. The maximum atomic E-state index is 12.0. The third kappa shape index (κ3) is 4.61. The van der Waals surface area contributed by atoms with Crippen molar-refractivity contribution in [3.05, 3.63) is 87.6 Å². The molecule has 4 aromatic rings. The number of aromatic nitrogens is 2. The second-order valence-corrected chi connectivity index (χ2v) is 8.28. The first-order valence-corrected chi connectivity index (χ1v) is 9.92. The van der Waals surface area contributed by atoms with Crippen LogP contribution in [-0.2, 0) is 0 Å². The van der Waals surface area contributed by atoms with Gasteiger partial charge in [0.1, 0.15) is 17.2 Å². The molecule has 0 saturated heterocycles. The van der Waals surface area contributed by atoms with Crippen molar-refractivity contribution in [3.8, 4) is 11.1 Å². The normalized spacial score (nSPS) is 11.3. The Kier molecular flexibility index (Phi) is 5.25. The quantitative estimate of drug-likeness (QED) is 0.402. The van der Waals surface area contributed by atoms with Crippen molar-refractivity contribution in [2.45, 2.75) is 26.3 Å². The highest BCUT2D eigenvalue weighted by Crippen LogP contribution is 2.26. The van der Waals surface area contributed by atoms with Crippen molar-refractivity contribution < 1.29 is 0 Å². The van der Waals surface area contributed by atoms with Gasteiger partial charge in [0.05, 0.1) is 0 Å². The molecule has 2 heterocycles. The summed E-state index contributed by atoms with van der Waals surface area (Å²) >= 11 is 0. The zero-order valence-corrected chi connectivity index (χ0v) is 17.6. The van der Waals surface area contributed by atoms with E-state index in [1.165, 1.54) is 0 Å². The Bertz CT molecular complexity index is 1270. The minimum atomic E-state index is -0.523. The molecule has 0 radical (unpaired) electrons. The van der Waals surface area contributed by atoms with Crippen LogP contribution in [0.1, 0.15) is 20.8 Å². The fraction of sp³-hybridized carbons (Fsp3) is 0.167. The molecule has 0 saturated carbocycles. The molecule has 3 N–H and O–H groups in total. The molecule has 0 spiro atoms. The Morgan fingerprint density at radius 3 is 2.03 bits per heavy atom. The van der Waals surface area contributed by atoms with Crippen molar-refractivity contribution in [2.75, 3.05) is 16.0 Å². The van der Waals surface area contributed by atoms with Crippen LogP contribution in [0.5, 0.6) is 0 Å². The molecule has 0 bridgehead atoms. The van der Waals surface area contributed by atoms with Gasteiger partial charge in [-0.2, -0.15) is 0 Å². The number of nitrogens with one attached hydrogen (secondary N) is 3. The summed E-state index contributed by atoms with van der Waals surface area (Å²) in [5.41, 5.74) is 2.97. The van der Waals surface area contributed by atoms with Gasteiger partial charge >= 0.3 is 0 Å². The summed E-state index contributed by atoms with van der Waals surface area (Å²) in [5, 5.41) is 9.39. The Morgan fingerprint density at radius 2 is 1.35 bits per heavy atom. The molecule has 7 nitrogen and oxygen atoms in total. The molecule has 0 aliphatic rings. The fourth-order valence-electron chi connectivity index (χ4n) is 3.16. The van der Waals surface area contributed by atoms with Gasteiger partial charge in [0.25, 0.3) is 10.9 Å². The van der Waals surface area contributed by atoms with E-state index < -0.39 is 10.9 Å². The Labute approximate surface area is 179 Å². The fourth-order valence-corrected chi connectivity index (χ4v) is 3.16. The van der Waals surface area contributed by atoms with Crippen LogP contribution in [0, 0.1) is 0 Å². The first-order chi connectivity index (χ1) is 14.8. The van der Waals surface area contributed by atoms with Gasteiger partial charge in [-0.05, 0) is 62.2 Å². The van der Waals surface area contributed by atoms with Crippen molar-refractivity contribution in [1.29, 1.82) is 0 Å². The highest BCUT2D eigenvalue weighted by molar-refractivity contribution is 5.80. The molecule has 4 rings (SSSR count). The van der Waals surface area contributed by atoms with Crippen LogP contribution in [0.25, 0.3) is 11.1 Å². The van der Waals surface area contributed by atoms with Gasteiger partial charge in [-0.3, -0.25) is 14.6 Å². The second kappa shape index (κ2) is 8.02. The maximum absolute atomic E-state index is 12.0. The van der Waals surface area contributed by atoms with E-state index in [4.69, 9.17) is 0 Å². The molecule has 0 aliphatic heterocycles. The maximum Gasteiger partial charge on any atom is 0.253 e. The zero-order valence-electron chi connectivity index (χ0n) is 17.6. The Hall–Kier alpha value is -4.00. The first-order valence-electron chi connectivity index (χ1n) is 9.92. The van der Waals surface area contributed by atoms with Crippen LogP contribution in [-0.4, -0.2) is 15.5 Å². The van der Waals surface area contributed by atoms with Gasteiger partial charge in [-0.15, -0.1) is 0 Å². The standard InChI is InChI=1S/C24H23N5O2/c1-24(2,3)29-21-20(22(30)23(21)31)28-18-10-13-26-19(14-18)27-17-6-4-15(5-7-17)16-8-11-25-12-9-16/h4-14,29H,1-3H3,(H2,26,27,28). The molecule has 0 atom stereocenters. The average molecular weight is 413 g/mol. The molecule has 156 valence electrons. The van der Waals surface area contributed by atoms with E-state index >= 15 is 0 Å². The molecule has 31 heavy (non-hydrogen) atoms. The monoisotopic (exact) mass is 413 g/mol. The molecule has 0 unspecified atom stereocenters. The number of anilines is 5. The number of pyridine rings is 2. The lowest BCUT2D eigenvalue weighted by molar-refractivity contribution is 0.632. The van der Waals surface area contributed by atoms with Gasteiger partial charge in [0.15, 0.2) is 0 Å². The lowest BCUT2D eigenvalue weighted by Gasteiger charge is -2.25. The lowest BCUT2D eigenvalue weighted by atomic mass is 10.1. The van der Waals surface area contributed by atoms with E-state index in [0.29, 0.717) is 17.2 Å². The number of nitrogens with zero attached hydrogens (tertiary/aromatic N) is 2.